The third-order valence-corrected chi connectivity index (χ3v) is 9.23. The molecule has 5 aromatic rings. The van der Waals surface area contributed by atoms with Gasteiger partial charge in [-0.25, -0.2) is 4.98 Å². The number of anilines is 1. The lowest BCUT2D eigenvalue weighted by molar-refractivity contribution is -0.132. The number of nitrogens with zero attached hydrogens (tertiary/aromatic N) is 2. The first-order chi connectivity index (χ1) is 22.3. The second kappa shape index (κ2) is 12.2. The summed E-state index contributed by atoms with van der Waals surface area (Å²) in [5.41, 5.74) is 3.47. The number of hydrogen-bond acceptors (Lipinski definition) is 8. The van der Waals surface area contributed by atoms with Gasteiger partial charge in [0.05, 0.1) is 28.4 Å². The Kier molecular flexibility index (Phi) is 7.88. The maximum absolute atomic E-state index is 13.8. The van der Waals surface area contributed by atoms with E-state index in [0.717, 1.165) is 21.6 Å². The number of amides is 1. The number of carbonyl (C=O) groups is 2. The molecule has 2 aliphatic heterocycles. The molecule has 3 heterocycles. The topological polar surface area (TPSA) is 98.2 Å². The standard InChI is InChI=1S/C36H29ClN2O6S/c1-3-43-29-17-22(9-14-28(29)44-19-21-7-5-4-6-8-21)32-31(33(40)23-10-13-27-24(16-23)15-20(2)45-27)34(41)35(42)39(32)36-38-26-12-11-25(37)18-30(26)46-36/h4-14,16-18,20,32,40H,3,15,19H2,1-2H3/b33-31+. The molecule has 0 aliphatic carbocycles. The molecule has 2 aliphatic rings. The molecular formula is C36H29ClN2O6S. The van der Waals surface area contributed by atoms with Crippen molar-refractivity contribution < 1.29 is 28.9 Å². The number of fused-ring (bicyclic) bond motifs is 2. The van der Waals surface area contributed by atoms with Crippen molar-refractivity contribution in [2.75, 3.05) is 11.5 Å². The van der Waals surface area contributed by atoms with Gasteiger partial charge < -0.3 is 19.3 Å². The van der Waals surface area contributed by atoms with Gasteiger partial charge in [0.25, 0.3) is 5.78 Å². The van der Waals surface area contributed by atoms with Gasteiger partial charge in [0.1, 0.15) is 24.2 Å². The highest BCUT2D eigenvalue weighted by atomic mass is 35.5. The van der Waals surface area contributed by atoms with E-state index in [-0.39, 0.29) is 17.4 Å². The van der Waals surface area contributed by atoms with E-state index in [2.05, 4.69) is 0 Å². The van der Waals surface area contributed by atoms with Crippen LogP contribution in [0.2, 0.25) is 5.02 Å². The number of halogens is 1. The smallest absolute Gasteiger partial charge is 0.301 e. The summed E-state index contributed by atoms with van der Waals surface area (Å²) in [6, 6.07) is 24.6. The maximum atomic E-state index is 13.8. The van der Waals surface area contributed by atoms with Crippen molar-refractivity contribution >= 4 is 55.7 Å². The summed E-state index contributed by atoms with van der Waals surface area (Å²) >= 11 is 7.48. The summed E-state index contributed by atoms with van der Waals surface area (Å²) in [5.74, 6) is -0.194. The van der Waals surface area contributed by atoms with E-state index in [9.17, 15) is 14.7 Å². The number of Topliss-reactive ketones (excluding diaryl/α,β-unsaturated/α-hetero) is 1. The molecule has 232 valence electrons. The number of rotatable bonds is 8. The second-order valence-corrected chi connectivity index (χ2v) is 12.6. The summed E-state index contributed by atoms with van der Waals surface area (Å²) in [6.45, 7) is 4.52. The Morgan fingerprint density at radius 3 is 2.65 bits per heavy atom. The first-order valence-electron chi connectivity index (χ1n) is 14.9. The molecule has 10 heteroatoms. The van der Waals surface area contributed by atoms with Gasteiger partial charge in [-0.3, -0.25) is 14.5 Å². The number of carbonyl (C=O) groups excluding carboxylic acids is 2. The first kappa shape index (κ1) is 29.8. The van der Waals surface area contributed by atoms with E-state index < -0.39 is 17.7 Å². The molecule has 0 radical (unpaired) electrons. The molecule has 46 heavy (non-hydrogen) atoms. The summed E-state index contributed by atoms with van der Waals surface area (Å²) in [6.07, 6.45) is 0.676. The minimum Gasteiger partial charge on any atom is -0.507 e. The van der Waals surface area contributed by atoms with E-state index in [1.165, 1.54) is 16.2 Å². The lowest BCUT2D eigenvalue weighted by atomic mass is 9.94. The summed E-state index contributed by atoms with van der Waals surface area (Å²) in [5, 5.41) is 12.6. The zero-order valence-corrected chi connectivity index (χ0v) is 26.6. The van der Waals surface area contributed by atoms with Crippen LogP contribution < -0.4 is 19.1 Å². The molecule has 2 atom stereocenters. The number of hydrogen-bond donors (Lipinski definition) is 1. The van der Waals surface area contributed by atoms with Crippen molar-refractivity contribution in [3.05, 3.63) is 118 Å². The highest BCUT2D eigenvalue weighted by Gasteiger charge is 2.48. The fourth-order valence-corrected chi connectivity index (χ4v) is 7.15. The average Bonchev–Trinajstić information content (AvgIpc) is 3.72. The zero-order chi connectivity index (χ0) is 31.9. The van der Waals surface area contributed by atoms with Crippen LogP contribution in [0.1, 0.15) is 42.1 Å². The van der Waals surface area contributed by atoms with Crippen molar-refractivity contribution in [1.29, 1.82) is 0 Å². The molecule has 1 N–H and O–H groups in total. The van der Waals surface area contributed by atoms with Gasteiger partial charge in [0.15, 0.2) is 16.6 Å². The van der Waals surface area contributed by atoms with Crippen LogP contribution in [0.4, 0.5) is 5.13 Å². The Labute approximate surface area is 274 Å². The monoisotopic (exact) mass is 652 g/mol. The van der Waals surface area contributed by atoms with Crippen molar-refractivity contribution in [1.82, 2.24) is 4.98 Å². The molecular weight excluding hydrogens is 624 g/mol. The largest absolute Gasteiger partial charge is 0.507 e. The van der Waals surface area contributed by atoms with E-state index in [1.807, 2.05) is 50.2 Å². The first-order valence-corrected chi connectivity index (χ1v) is 16.1. The molecule has 0 saturated carbocycles. The van der Waals surface area contributed by atoms with E-state index >= 15 is 0 Å². The lowest BCUT2D eigenvalue weighted by Gasteiger charge is -2.24. The summed E-state index contributed by atoms with van der Waals surface area (Å²) in [4.78, 5) is 33.7. The second-order valence-electron chi connectivity index (χ2n) is 11.1. The number of benzene rings is 4. The number of ether oxygens (including phenoxy) is 3. The minimum atomic E-state index is -0.998. The molecule has 7 rings (SSSR count). The average molecular weight is 653 g/mol. The van der Waals surface area contributed by atoms with Crippen LogP contribution in [0.5, 0.6) is 17.2 Å². The quantitative estimate of drug-likeness (QED) is 0.103. The lowest BCUT2D eigenvalue weighted by Crippen LogP contribution is -2.29. The third-order valence-electron chi connectivity index (χ3n) is 7.98. The van der Waals surface area contributed by atoms with Crippen molar-refractivity contribution in [2.45, 2.75) is 39.0 Å². The number of aromatic nitrogens is 1. The minimum absolute atomic E-state index is 0.00475. The molecule has 1 fully saturated rings. The Morgan fingerprint density at radius 2 is 1.85 bits per heavy atom. The van der Waals surface area contributed by atoms with Gasteiger partial charge in [-0.2, -0.15) is 0 Å². The Bertz CT molecular complexity index is 2020. The summed E-state index contributed by atoms with van der Waals surface area (Å²) in [7, 11) is 0. The van der Waals surface area contributed by atoms with Crippen molar-refractivity contribution in [3.8, 4) is 17.2 Å². The highest BCUT2D eigenvalue weighted by molar-refractivity contribution is 7.22. The molecule has 1 saturated heterocycles. The predicted octanol–water partition coefficient (Wildman–Crippen LogP) is 7.88. The molecule has 2 unspecified atom stereocenters. The van der Waals surface area contributed by atoms with Gasteiger partial charge in [0.2, 0.25) is 0 Å². The normalized spacial score (nSPS) is 18.5. The van der Waals surface area contributed by atoms with Crippen LogP contribution in [0, 0.1) is 0 Å². The van der Waals surface area contributed by atoms with Gasteiger partial charge in [0, 0.05) is 17.0 Å². The third kappa shape index (κ3) is 5.46. The fraction of sp³-hybridized carbons (Fsp3) is 0.194. The van der Waals surface area contributed by atoms with Crippen LogP contribution in [-0.4, -0.2) is 34.5 Å². The van der Waals surface area contributed by atoms with Crippen LogP contribution in [0.25, 0.3) is 16.0 Å². The molecule has 8 nitrogen and oxygen atoms in total. The fourth-order valence-electron chi connectivity index (χ4n) is 5.88. The van der Waals surface area contributed by atoms with Crippen molar-refractivity contribution in [2.24, 2.45) is 0 Å². The van der Waals surface area contributed by atoms with Crippen LogP contribution in [-0.2, 0) is 22.6 Å². The maximum Gasteiger partial charge on any atom is 0.301 e. The molecule has 1 amide bonds. The van der Waals surface area contributed by atoms with Crippen LogP contribution >= 0.6 is 22.9 Å². The van der Waals surface area contributed by atoms with E-state index in [0.29, 0.717) is 57.9 Å². The highest BCUT2D eigenvalue weighted by Crippen LogP contribution is 2.46. The molecule has 0 bridgehead atoms. The van der Waals surface area contributed by atoms with E-state index in [4.69, 9.17) is 30.8 Å². The van der Waals surface area contributed by atoms with Gasteiger partial charge in [-0.1, -0.05) is 59.3 Å². The number of aliphatic hydroxyl groups excluding tert-OH is 1. The van der Waals surface area contributed by atoms with Gasteiger partial charge in [-0.05, 0) is 79.1 Å². The number of ketones is 1. The number of thiazole rings is 1. The van der Waals surface area contributed by atoms with Crippen LogP contribution in [0.3, 0.4) is 0 Å². The zero-order valence-electron chi connectivity index (χ0n) is 25.0. The van der Waals surface area contributed by atoms with E-state index in [1.54, 1.807) is 48.5 Å². The van der Waals surface area contributed by atoms with Gasteiger partial charge in [-0.15, -0.1) is 0 Å². The Morgan fingerprint density at radius 1 is 1.02 bits per heavy atom. The SMILES string of the molecule is CCOc1cc(C2/C(=C(\O)c3ccc4c(c3)CC(C)O4)C(=O)C(=O)N2c2nc3ccc(Cl)cc3s2)ccc1OCc1ccccc1. The summed E-state index contributed by atoms with van der Waals surface area (Å²) < 4.78 is 18.7. The Hall–Kier alpha value is -4.86. The Balaban J connectivity index is 1.36. The predicted molar refractivity (Wildman–Crippen MR) is 178 cm³/mol. The number of aliphatic hydroxyl groups is 1. The molecule has 4 aromatic carbocycles. The molecule has 0 spiro atoms. The molecule has 1 aromatic heterocycles. The van der Waals surface area contributed by atoms with Crippen LogP contribution in [0.15, 0.2) is 90.5 Å². The van der Waals surface area contributed by atoms with Gasteiger partial charge >= 0.3 is 5.91 Å². The van der Waals surface area contributed by atoms with Crippen molar-refractivity contribution in [3.63, 3.8) is 0 Å².